The standard InChI is InChI=1S/C16H19NO/c1-12-4-3-5-16(10-12)18-15-8-6-14(7-9-15)11-13(2)17/h3-10,13H,11,17H2,1-2H3. The van der Waals surface area contributed by atoms with Crippen LogP contribution < -0.4 is 10.5 Å². The van der Waals surface area contributed by atoms with E-state index < -0.39 is 0 Å². The van der Waals surface area contributed by atoms with E-state index in [1.807, 2.05) is 37.3 Å². The Balaban J connectivity index is 2.06. The second-order valence-electron chi connectivity index (χ2n) is 4.74. The SMILES string of the molecule is Cc1cccc(Oc2ccc(CC(C)N)cc2)c1. The molecule has 2 N–H and O–H groups in total. The van der Waals surface area contributed by atoms with Gasteiger partial charge in [0, 0.05) is 6.04 Å². The second kappa shape index (κ2) is 5.69. The summed E-state index contributed by atoms with van der Waals surface area (Å²) in [6.45, 7) is 4.07. The van der Waals surface area contributed by atoms with E-state index in [0.29, 0.717) is 0 Å². The molecule has 0 radical (unpaired) electrons. The van der Waals surface area contributed by atoms with Crippen LogP contribution in [-0.2, 0) is 6.42 Å². The Morgan fingerprint density at radius 1 is 1.06 bits per heavy atom. The molecule has 0 saturated heterocycles. The van der Waals surface area contributed by atoms with Gasteiger partial charge in [0.2, 0.25) is 0 Å². The average Bonchev–Trinajstić information content (AvgIpc) is 2.31. The van der Waals surface area contributed by atoms with Gasteiger partial charge in [0.1, 0.15) is 11.5 Å². The van der Waals surface area contributed by atoms with Crippen LogP contribution in [-0.4, -0.2) is 6.04 Å². The lowest BCUT2D eigenvalue weighted by molar-refractivity contribution is 0.482. The molecule has 0 saturated carbocycles. The van der Waals surface area contributed by atoms with Crippen LogP contribution in [0.3, 0.4) is 0 Å². The lowest BCUT2D eigenvalue weighted by Crippen LogP contribution is -2.17. The number of benzene rings is 2. The maximum absolute atomic E-state index is 5.79. The number of ether oxygens (including phenoxy) is 1. The quantitative estimate of drug-likeness (QED) is 0.886. The third-order valence-electron chi connectivity index (χ3n) is 2.71. The molecule has 18 heavy (non-hydrogen) atoms. The number of nitrogens with two attached hydrogens (primary N) is 1. The molecule has 0 aliphatic carbocycles. The lowest BCUT2D eigenvalue weighted by atomic mass is 10.1. The molecule has 1 unspecified atom stereocenters. The van der Waals surface area contributed by atoms with Crippen molar-refractivity contribution < 1.29 is 4.74 Å². The molecule has 2 aromatic rings. The van der Waals surface area contributed by atoms with E-state index in [1.54, 1.807) is 0 Å². The van der Waals surface area contributed by atoms with Gasteiger partial charge in [-0.1, -0.05) is 24.3 Å². The van der Waals surface area contributed by atoms with Crippen molar-refractivity contribution in [1.29, 1.82) is 0 Å². The Labute approximate surface area is 108 Å². The Bertz CT molecular complexity index is 503. The van der Waals surface area contributed by atoms with Crippen LogP contribution in [0.25, 0.3) is 0 Å². The number of aryl methyl sites for hydroxylation is 1. The summed E-state index contributed by atoms with van der Waals surface area (Å²) in [6.07, 6.45) is 0.894. The summed E-state index contributed by atoms with van der Waals surface area (Å²) in [5, 5.41) is 0. The van der Waals surface area contributed by atoms with Crippen LogP contribution in [0.1, 0.15) is 18.1 Å². The van der Waals surface area contributed by atoms with E-state index in [0.717, 1.165) is 17.9 Å². The Morgan fingerprint density at radius 3 is 2.39 bits per heavy atom. The molecule has 0 aliphatic rings. The predicted octanol–water partition coefficient (Wildman–Crippen LogP) is 3.68. The van der Waals surface area contributed by atoms with Gasteiger partial charge in [-0.25, -0.2) is 0 Å². The molecule has 0 spiro atoms. The molecule has 2 rings (SSSR count). The van der Waals surface area contributed by atoms with Crippen LogP contribution in [0, 0.1) is 6.92 Å². The smallest absolute Gasteiger partial charge is 0.127 e. The summed E-state index contributed by atoms with van der Waals surface area (Å²) in [5.74, 6) is 1.73. The van der Waals surface area contributed by atoms with E-state index in [-0.39, 0.29) is 6.04 Å². The van der Waals surface area contributed by atoms with Crippen molar-refractivity contribution in [3.63, 3.8) is 0 Å². The summed E-state index contributed by atoms with van der Waals surface area (Å²) >= 11 is 0. The number of hydrogen-bond donors (Lipinski definition) is 1. The molecular formula is C16H19NO. The minimum atomic E-state index is 0.188. The molecule has 94 valence electrons. The number of hydrogen-bond acceptors (Lipinski definition) is 2. The zero-order valence-corrected chi connectivity index (χ0v) is 10.9. The molecule has 2 heteroatoms. The van der Waals surface area contributed by atoms with Gasteiger partial charge in [0.05, 0.1) is 0 Å². The van der Waals surface area contributed by atoms with E-state index in [9.17, 15) is 0 Å². The second-order valence-corrected chi connectivity index (χ2v) is 4.74. The normalized spacial score (nSPS) is 12.2. The van der Waals surface area contributed by atoms with Crippen molar-refractivity contribution in [1.82, 2.24) is 0 Å². The number of rotatable bonds is 4. The summed E-state index contributed by atoms with van der Waals surface area (Å²) in [6, 6.07) is 16.3. The van der Waals surface area contributed by atoms with Crippen LogP contribution >= 0.6 is 0 Å². The molecule has 0 heterocycles. The molecule has 2 aromatic carbocycles. The molecule has 0 aliphatic heterocycles. The molecule has 0 amide bonds. The van der Waals surface area contributed by atoms with E-state index in [4.69, 9.17) is 10.5 Å². The van der Waals surface area contributed by atoms with Crippen molar-refractivity contribution >= 4 is 0 Å². The fourth-order valence-electron chi connectivity index (χ4n) is 1.88. The predicted molar refractivity (Wildman–Crippen MR) is 75.0 cm³/mol. The Morgan fingerprint density at radius 2 is 1.78 bits per heavy atom. The van der Waals surface area contributed by atoms with Gasteiger partial charge in [0.25, 0.3) is 0 Å². The Kier molecular flexibility index (Phi) is 4.00. The fourth-order valence-corrected chi connectivity index (χ4v) is 1.88. The first kappa shape index (κ1) is 12.7. The summed E-state index contributed by atoms with van der Waals surface area (Å²) in [4.78, 5) is 0. The largest absolute Gasteiger partial charge is 0.457 e. The van der Waals surface area contributed by atoms with Crippen LogP contribution in [0.5, 0.6) is 11.5 Å². The summed E-state index contributed by atoms with van der Waals surface area (Å²) in [7, 11) is 0. The van der Waals surface area contributed by atoms with Gasteiger partial charge in [-0.15, -0.1) is 0 Å². The summed E-state index contributed by atoms with van der Waals surface area (Å²) < 4.78 is 5.79. The first-order valence-electron chi connectivity index (χ1n) is 6.22. The monoisotopic (exact) mass is 241 g/mol. The molecule has 0 fully saturated rings. The minimum Gasteiger partial charge on any atom is -0.457 e. The van der Waals surface area contributed by atoms with Crippen LogP contribution in [0.4, 0.5) is 0 Å². The highest BCUT2D eigenvalue weighted by Gasteiger charge is 2.00. The minimum absolute atomic E-state index is 0.188. The van der Waals surface area contributed by atoms with Crippen molar-refractivity contribution in [3.8, 4) is 11.5 Å². The molecular weight excluding hydrogens is 222 g/mol. The average molecular weight is 241 g/mol. The van der Waals surface area contributed by atoms with Gasteiger partial charge in [-0.2, -0.15) is 0 Å². The van der Waals surface area contributed by atoms with Crippen molar-refractivity contribution in [2.45, 2.75) is 26.3 Å². The molecule has 2 nitrogen and oxygen atoms in total. The topological polar surface area (TPSA) is 35.2 Å². The van der Waals surface area contributed by atoms with Crippen molar-refractivity contribution in [2.24, 2.45) is 5.73 Å². The molecule has 0 aromatic heterocycles. The van der Waals surface area contributed by atoms with Crippen LogP contribution in [0.2, 0.25) is 0 Å². The molecule has 1 atom stereocenters. The zero-order valence-electron chi connectivity index (χ0n) is 10.9. The third kappa shape index (κ3) is 3.60. The first-order valence-corrected chi connectivity index (χ1v) is 6.22. The summed E-state index contributed by atoms with van der Waals surface area (Å²) in [5.41, 5.74) is 8.20. The maximum Gasteiger partial charge on any atom is 0.127 e. The fraction of sp³-hybridized carbons (Fsp3) is 0.250. The van der Waals surface area contributed by atoms with Crippen LogP contribution in [0.15, 0.2) is 48.5 Å². The van der Waals surface area contributed by atoms with Gasteiger partial charge in [-0.3, -0.25) is 0 Å². The van der Waals surface area contributed by atoms with Crippen molar-refractivity contribution in [3.05, 3.63) is 59.7 Å². The highest BCUT2D eigenvalue weighted by atomic mass is 16.5. The van der Waals surface area contributed by atoms with Gasteiger partial charge in [-0.05, 0) is 55.7 Å². The van der Waals surface area contributed by atoms with Gasteiger partial charge in [0.15, 0.2) is 0 Å². The first-order chi connectivity index (χ1) is 8.63. The molecule has 0 bridgehead atoms. The highest BCUT2D eigenvalue weighted by Crippen LogP contribution is 2.22. The maximum atomic E-state index is 5.79. The van der Waals surface area contributed by atoms with Gasteiger partial charge < -0.3 is 10.5 Å². The zero-order chi connectivity index (χ0) is 13.0. The lowest BCUT2D eigenvalue weighted by Gasteiger charge is -2.08. The van der Waals surface area contributed by atoms with E-state index >= 15 is 0 Å². The Hall–Kier alpha value is -1.80. The van der Waals surface area contributed by atoms with E-state index in [1.165, 1.54) is 11.1 Å². The van der Waals surface area contributed by atoms with Gasteiger partial charge >= 0.3 is 0 Å². The third-order valence-corrected chi connectivity index (χ3v) is 2.71. The van der Waals surface area contributed by atoms with Crippen molar-refractivity contribution in [2.75, 3.05) is 0 Å². The highest BCUT2D eigenvalue weighted by molar-refractivity contribution is 5.35. The van der Waals surface area contributed by atoms with E-state index in [2.05, 4.69) is 25.1 Å².